The first kappa shape index (κ1) is 11.9. The number of carbonyl (C=O) groups is 1. The molecule has 1 saturated carbocycles. The highest BCUT2D eigenvalue weighted by atomic mass is 16.3. The van der Waals surface area contributed by atoms with Crippen LogP contribution >= 0.6 is 0 Å². The fourth-order valence-corrected chi connectivity index (χ4v) is 1.53. The van der Waals surface area contributed by atoms with Gasteiger partial charge in [-0.25, -0.2) is 0 Å². The van der Waals surface area contributed by atoms with Crippen molar-refractivity contribution in [2.24, 2.45) is 0 Å². The molecule has 0 spiro atoms. The smallest absolute Gasteiger partial charge is 0.237 e. The Morgan fingerprint density at radius 3 is 2.65 bits per heavy atom. The number of hydrogen-bond acceptors (Lipinski definition) is 3. The van der Waals surface area contributed by atoms with Gasteiger partial charge >= 0.3 is 0 Å². The van der Waals surface area contributed by atoms with Crippen molar-refractivity contribution in [3.63, 3.8) is 0 Å². The van der Waals surface area contributed by atoms with Crippen LogP contribution in [0.2, 0.25) is 0 Å². The average Bonchev–Trinajstić information content (AvgIpc) is 3.11. The molecule has 0 bridgehead atoms. The van der Waals surface area contributed by atoms with Crippen LogP contribution in [-0.2, 0) is 11.3 Å². The third kappa shape index (κ3) is 3.75. The summed E-state index contributed by atoms with van der Waals surface area (Å²) in [5, 5.41) is 15.3. The third-order valence-corrected chi connectivity index (χ3v) is 2.87. The van der Waals surface area contributed by atoms with Crippen molar-refractivity contribution in [3.05, 3.63) is 29.8 Å². The lowest BCUT2D eigenvalue weighted by Gasteiger charge is -2.13. The molecule has 1 aromatic carbocycles. The highest BCUT2D eigenvalue weighted by Crippen LogP contribution is 2.18. The lowest BCUT2D eigenvalue weighted by atomic mass is 10.2. The van der Waals surface area contributed by atoms with E-state index in [0.29, 0.717) is 12.6 Å². The zero-order valence-electron chi connectivity index (χ0n) is 9.94. The van der Waals surface area contributed by atoms with Crippen molar-refractivity contribution in [1.82, 2.24) is 10.6 Å². The maximum absolute atomic E-state index is 11.7. The Hall–Kier alpha value is -1.55. The first-order chi connectivity index (χ1) is 8.15. The second-order valence-electron chi connectivity index (χ2n) is 4.55. The van der Waals surface area contributed by atoms with Gasteiger partial charge in [0, 0.05) is 12.6 Å². The number of aromatic hydroxyl groups is 1. The maximum Gasteiger partial charge on any atom is 0.237 e. The Kier molecular flexibility index (Phi) is 3.64. The van der Waals surface area contributed by atoms with Crippen LogP contribution in [0.25, 0.3) is 0 Å². The number of nitrogens with one attached hydrogen (secondary N) is 2. The first-order valence-electron chi connectivity index (χ1n) is 5.97. The zero-order chi connectivity index (χ0) is 12.3. The Morgan fingerprint density at radius 2 is 2.06 bits per heavy atom. The molecule has 4 heteroatoms. The third-order valence-electron chi connectivity index (χ3n) is 2.87. The molecule has 1 aliphatic carbocycles. The molecule has 0 aliphatic heterocycles. The molecule has 4 nitrogen and oxygen atoms in total. The monoisotopic (exact) mass is 234 g/mol. The van der Waals surface area contributed by atoms with Crippen LogP contribution in [0.5, 0.6) is 5.75 Å². The van der Waals surface area contributed by atoms with Crippen LogP contribution in [0.3, 0.4) is 0 Å². The molecule has 3 N–H and O–H groups in total. The Bertz CT molecular complexity index is 385. The summed E-state index contributed by atoms with van der Waals surface area (Å²) >= 11 is 0. The lowest BCUT2D eigenvalue weighted by Crippen LogP contribution is -2.42. The molecule has 17 heavy (non-hydrogen) atoms. The summed E-state index contributed by atoms with van der Waals surface area (Å²) in [7, 11) is 0. The highest BCUT2D eigenvalue weighted by Gasteiger charge is 2.25. The van der Waals surface area contributed by atoms with Gasteiger partial charge in [-0.3, -0.25) is 4.79 Å². The van der Waals surface area contributed by atoms with Crippen LogP contribution in [0.1, 0.15) is 25.3 Å². The van der Waals surface area contributed by atoms with E-state index in [-0.39, 0.29) is 17.7 Å². The Balaban J connectivity index is 1.76. The van der Waals surface area contributed by atoms with E-state index in [1.165, 1.54) is 0 Å². The largest absolute Gasteiger partial charge is 0.508 e. The Morgan fingerprint density at radius 1 is 1.41 bits per heavy atom. The number of benzene rings is 1. The van der Waals surface area contributed by atoms with E-state index >= 15 is 0 Å². The van der Waals surface area contributed by atoms with Crippen LogP contribution in [-0.4, -0.2) is 23.1 Å². The van der Waals surface area contributed by atoms with Gasteiger partial charge in [0.15, 0.2) is 0 Å². The standard InChI is InChI=1S/C13H18N2O2/c1-9(13(17)15-11-4-5-11)14-8-10-2-6-12(16)7-3-10/h2-3,6-7,9,11,14,16H,4-5,8H2,1H3,(H,15,17). The van der Waals surface area contributed by atoms with E-state index in [1.54, 1.807) is 12.1 Å². The minimum Gasteiger partial charge on any atom is -0.508 e. The number of carbonyl (C=O) groups excluding carboxylic acids is 1. The van der Waals surface area contributed by atoms with Gasteiger partial charge in [0.1, 0.15) is 5.75 Å². The molecular formula is C13H18N2O2. The Labute approximate surface area is 101 Å². The summed E-state index contributed by atoms with van der Waals surface area (Å²) in [5.41, 5.74) is 1.05. The molecule has 0 aromatic heterocycles. The molecule has 92 valence electrons. The fraction of sp³-hybridized carbons (Fsp3) is 0.462. The van der Waals surface area contributed by atoms with E-state index in [4.69, 9.17) is 5.11 Å². The van der Waals surface area contributed by atoms with Gasteiger partial charge < -0.3 is 15.7 Å². The van der Waals surface area contributed by atoms with Gasteiger partial charge in [-0.2, -0.15) is 0 Å². The van der Waals surface area contributed by atoms with Crippen LogP contribution in [0.15, 0.2) is 24.3 Å². The summed E-state index contributed by atoms with van der Waals surface area (Å²) < 4.78 is 0. The van der Waals surface area contributed by atoms with E-state index < -0.39 is 0 Å². The molecule has 0 saturated heterocycles. The van der Waals surface area contributed by atoms with Crippen LogP contribution in [0, 0.1) is 0 Å². The van der Waals surface area contributed by atoms with E-state index in [2.05, 4.69) is 10.6 Å². The quantitative estimate of drug-likeness (QED) is 0.716. The van der Waals surface area contributed by atoms with Crippen molar-refractivity contribution in [3.8, 4) is 5.75 Å². The van der Waals surface area contributed by atoms with Crippen molar-refractivity contribution in [2.45, 2.75) is 38.4 Å². The number of amides is 1. The van der Waals surface area contributed by atoms with Gasteiger partial charge in [0.2, 0.25) is 5.91 Å². The van der Waals surface area contributed by atoms with Crippen molar-refractivity contribution in [2.75, 3.05) is 0 Å². The molecule has 0 heterocycles. The van der Waals surface area contributed by atoms with Gasteiger partial charge in [-0.1, -0.05) is 12.1 Å². The molecule has 2 rings (SSSR count). The normalized spacial score (nSPS) is 16.5. The van der Waals surface area contributed by atoms with Crippen LogP contribution < -0.4 is 10.6 Å². The topological polar surface area (TPSA) is 61.4 Å². The predicted octanol–water partition coefficient (Wildman–Crippen LogP) is 1.15. The van der Waals surface area contributed by atoms with Gasteiger partial charge in [0.25, 0.3) is 0 Å². The van der Waals surface area contributed by atoms with E-state index in [1.807, 2.05) is 19.1 Å². The minimum absolute atomic E-state index is 0.0614. The second-order valence-corrected chi connectivity index (χ2v) is 4.55. The molecule has 1 fully saturated rings. The first-order valence-corrected chi connectivity index (χ1v) is 5.97. The lowest BCUT2D eigenvalue weighted by molar-refractivity contribution is -0.122. The highest BCUT2D eigenvalue weighted by molar-refractivity contribution is 5.81. The van der Waals surface area contributed by atoms with Gasteiger partial charge in [-0.15, -0.1) is 0 Å². The van der Waals surface area contributed by atoms with Crippen molar-refractivity contribution < 1.29 is 9.90 Å². The summed E-state index contributed by atoms with van der Waals surface area (Å²) in [6, 6.07) is 7.18. The second kappa shape index (κ2) is 5.19. The van der Waals surface area contributed by atoms with Crippen LogP contribution in [0.4, 0.5) is 0 Å². The van der Waals surface area contributed by atoms with Crippen molar-refractivity contribution >= 4 is 5.91 Å². The number of rotatable bonds is 5. The molecule has 1 atom stereocenters. The summed E-state index contributed by atoms with van der Waals surface area (Å²) in [4.78, 5) is 11.7. The number of phenols is 1. The minimum atomic E-state index is -0.190. The zero-order valence-corrected chi connectivity index (χ0v) is 9.94. The predicted molar refractivity (Wildman–Crippen MR) is 65.6 cm³/mol. The van der Waals surface area contributed by atoms with Crippen molar-refractivity contribution in [1.29, 1.82) is 0 Å². The van der Waals surface area contributed by atoms with Gasteiger partial charge in [0.05, 0.1) is 6.04 Å². The molecule has 1 unspecified atom stereocenters. The van der Waals surface area contributed by atoms with E-state index in [9.17, 15) is 4.79 Å². The van der Waals surface area contributed by atoms with E-state index in [0.717, 1.165) is 18.4 Å². The summed E-state index contributed by atoms with van der Waals surface area (Å²) in [6.07, 6.45) is 2.22. The maximum atomic E-state index is 11.7. The average molecular weight is 234 g/mol. The molecule has 1 amide bonds. The molecule has 0 radical (unpaired) electrons. The number of phenolic OH excluding ortho intramolecular Hbond substituents is 1. The molecular weight excluding hydrogens is 216 g/mol. The molecule has 1 aliphatic rings. The fourth-order valence-electron chi connectivity index (χ4n) is 1.53. The van der Waals surface area contributed by atoms with Gasteiger partial charge in [-0.05, 0) is 37.5 Å². The SMILES string of the molecule is CC(NCc1ccc(O)cc1)C(=O)NC1CC1. The summed E-state index contributed by atoms with van der Waals surface area (Å²) in [6.45, 7) is 2.48. The molecule has 1 aromatic rings. The summed E-state index contributed by atoms with van der Waals surface area (Å²) in [5.74, 6) is 0.319. The number of hydrogen-bond donors (Lipinski definition) is 3.